The molecule has 0 atom stereocenters. The van der Waals surface area contributed by atoms with Gasteiger partial charge in [-0.3, -0.25) is 0 Å². The first-order valence-corrected chi connectivity index (χ1v) is 7.95. The average molecular weight is 372 g/mol. The van der Waals surface area contributed by atoms with Gasteiger partial charge in [0.15, 0.2) is 0 Å². The van der Waals surface area contributed by atoms with Crippen molar-refractivity contribution in [3.8, 4) is 5.75 Å². The number of hydrogen-bond acceptors (Lipinski definition) is 6. The van der Waals surface area contributed by atoms with Gasteiger partial charge in [0.2, 0.25) is 0 Å². The Hall–Kier alpha value is -0.770. The van der Waals surface area contributed by atoms with Crippen LogP contribution in [-0.2, 0) is 10.1 Å². The molecule has 0 amide bonds. The summed E-state index contributed by atoms with van der Waals surface area (Å²) in [5, 5.41) is 19.5. The van der Waals surface area contributed by atoms with E-state index in [-0.39, 0.29) is 69.8 Å². The van der Waals surface area contributed by atoms with Crippen molar-refractivity contribution in [2.75, 3.05) is 0 Å². The minimum atomic E-state index is -4.49. The normalized spacial score (nSPS) is 11.1. The van der Waals surface area contributed by atoms with E-state index in [1.54, 1.807) is 24.3 Å². The van der Waals surface area contributed by atoms with E-state index < -0.39 is 10.1 Å². The number of benzene rings is 3. The molecule has 0 aliphatic carbocycles. The largest absolute Gasteiger partial charge is 1.00 e. The summed E-state index contributed by atoms with van der Waals surface area (Å²) in [5.74, 6) is -0.0220. The average Bonchev–Trinajstić information content (AvgIpc) is 2.53. The number of aromatic hydroxyl groups is 1. The Balaban J connectivity index is 0.00000156. The van der Waals surface area contributed by atoms with Crippen LogP contribution in [-0.4, -0.2) is 18.1 Å². The zero-order chi connectivity index (χ0) is 16.4. The molecule has 3 aromatic rings. The first-order valence-electron chi connectivity index (χ1n) is 6.55. The minimum Gasteiger partial charge on any atom is -0.744 e. The number of hydrogen-bond donors (Lipinski definition) is 1. The van der Waals surface area contributed by atoms with Gasteiger partial charge in [-0.1, -0.05) is 5.39 Å². The van der Waals surface area contributed by atoms with Crippen LogP contribution in [0.2, 0.25) is 0 Å². The molecule has 25 heavy (non-hydrogen) atoms. The number of rotatable bonds is 3. The predicted octanol–water partition coefficient (Wildman–Crippen LogP) is -2.33. The van der Waals surface area contributed by atoms with Gasteiger partial charge in [0.1, 0.15) is 21.6 Å². The van der Waals surface area contributed by atoms with Gasteiger partial charge >= 0.3 is 59.1 Å². The molecule has 3 aromatic carbocycles. The molecule has 116 valence electrons. The Labute approximate surface area is 189 Å². The number of azo groups is 1. The molecule has 0 fully saturated rings. The van der Waals surface area contributed by atoms with Gasteiger partial charge in [0, 0.05) is 0 Å². The molecular formula is C16H10N2Na2O4S. The van der Waals surface area contributed by atoms with Crippen molar-refractivity contribution in [1.82, 2.24) is 0 Å². The van der Waals surface area contributed by atoms with Crippen LogP contribution < -0.4 is 59.1 Å². The molecule has 1 N–H and O–H groups in total. The van der Waals surface area contributed by atoms with Crippen molar-refractivity contribution in [3.63, 3.8) is 0 Å². The van der Waals surface area contributed by atoms with Crippen LogP contribution in [0, 0.1) is 6.07 Å². The summed E-state index contributed by atoms with van der Waals surface area (Å²) in [6, 6.07) is 16.5. The Morgan fingerprint density at radius 2 is 1.64 bits per heavy atom. The van der Waals surface area contributed by atoms with Crippen LogP contribution in [0.4, 0.5) is 11.4 Å². The van der Waals surface area contributed by atoms with Crippen LogP contribution >= 0.6 is 0 Å². The summed E-state index contributed by atoms with van der Waals surface area (Å²) in [6.07, 6.45) is 0. The van der Waals surface area contributed by atoms with Gasteiger partial charge in [0.05, 0.1) is 10.6 Å². The molecule has 9 heteroatoms. The molecule has 0 spiro atoms. The molecule has 0 radical (unpaired) electrons. The zero-order valence-corrected chi connectivity index (χ0v) is 18.5. The first kappa shape index (κ1) is 22.3. The van der Waals surface area contributed by atoms with Crippen LogP contribution in [0.3, 0.4) is 0 Å². The Morgan fingerprint density at radius 1 is 0.960 bits per heavy atom. The third kappa shape index (κ3) is 5.35. The fraction of sp³-hybridized carbons (Fsp3) is 0. The van der Waals surface area contributed by atoms with Crippen molar-refractivity contribution >= 4 is 32.3 Å². The standard InChI is InChI=1S/C16H11N2O4S.2Na/c19-15-10-5-11-3-1-2-4-14(11)16(15)18-17-12-6-8-13(9-7-12)23(20,21)22;;/h2-10,19H,(H,20,21,22);;/q-1;2*+1/p-1. The van der Waals surface area contributed by atoms with E-state index in [1.807, 2.05) is 0 Å². The maximum Gasteiger partial charge on any atom is 1.00 e. The molecular weight excluding hydrogens is 362 g/mol. The maximum atomic E-state index is 10.9. The van der Waals surface area contributed by atoms with E-state index in [0.717, 1.165) is 17.5 Å². The molecule has 0 aliphatic heterocycles. The summed E-state index contributed by atoms with van der Waals surface area (Å²) in [7, 11) is -4.49. The fourth-order valence-corrected chi connectivity index (χ4v) is 2.54. The van der Waals surface area contributed by atoms with Crippen molar-refractivity contribution in [1.29, 1.82) is 0 Å². The molecule has 3 rings (SSSR count). The van der Waals surface area contributed by atoms with Crippen LogP contribution in [0.25, 0.3) is 10.8 Å². The van der Waals surface area contributed by atoms with E-state index in [1.165, 1.54) is 18.2 Å². The van der Waals surface area contributed by atoms with E-state index in [4.69, 9.17) is 0 Å². The van der Waals surface area contributed by atoms with Crippen LogP contribution in [0.1, 0.15) is 0 Å². The van der Waals surface area contributed by atoms with E-state index in [0.29, 0.717) is 16.8 Å². The predicted molar refractivity (Wildman–Crippen MR) is 83.0 cm³/mol. The SMILES string of the molecule is O=S(=O)([O-])c1ccc(N=Nc2c(O)ccc3c[c-]ccc23)cc1.[Na+].[Na+]. The third-order valence-electron chi connectivity index (χ3n) is 3.21. The van der Waals surface area contributed by atoms with Crippen molar-refractivity contribution in [2.24, 2.45) is 10.2 Å². The third-order valence-corrected chi connectivity index (χ3v) is 4.05. The topological polar surface area (TPSA) is 102 Å². The van der Waals surface area contributed by atoms with Gasteiger partial charge in [-0.15, -0.1) is 16.6 Å². The summed E-state index contributed by atoms with van der Waals surface area (Å²) >= 11 is 0. The van der Waals surface area contributed by atoms with E-state index >= 15 is 0 Å². The summed E-state index contributed by atoms with van der Waals surface area (Å²) in [4.78, 5) is -0.333. The van der Waals surface area contributed by atoms with Gasteiger partial charge < -0.3 is 9.66 Å². The first-order chi connectivity index (χ1) is 10.9. The van der Waals surface area contributed by atoms with E-state index in [9.17, 15) is 18.1 Å². The van der Waals surface area contributed by atoms with Crippen molar-refractivity contribution < 1.29 is 77.2 Å². The van der Waals surface area contributed by atoms with Crippen molar-refractivity contribution in [3.05, 3.63) is 60.7 Å². The smallest absolute Gasteiger partial charge is 0.744 e. The molecule has 0 unspecified atom stereocenters. The number of phenols is 1. The molecule has 0 saturated carbocycles. The molecule has 6 nitrogen and oxygen atoms in total. The molecule has 0 saturated heterocycles. The second-order valence-corrected chi connectivity index (χ2v) is 6.11. The minimum absolute atomic E-state index is 0. The second-order valence-electron chi connectivity index (χ2n) is 4.73. The fourth-order valence-electron chi connectivity index (χ4n) is 2.07. The van der Waals surface area contributed by atoms with Gasteiger partial charge in [-0.25, -0.2) is 8.42 Å². The number of nitrogens with zero attached hydrogens (tertiary/aromatic N) is 2. The summed E-state index contributed by atoms with van der Waals surface area (Å²) in [6.45, 7) is 0. The van der Waals surface area contributed by atoms with Gasteiger partial charge in [-0.05, 0) is 30.3 Å². The maximum absolute atomic E-state index is 10.9. The number of phenolic OH excluding ortho intramolecular Hbond substituents is 1. The Kier molecular flexibility index (Phi) is 8.24. The zero-order valence-electron chi connectivity index (χ0n) is 13.7. The molecule has 0 aromatic heterocycles. The molecule has 0 bridgehead atoms. The van der Waals surface area contributed by atoms with E-state index in [2.05, 4.69) is 16.3 Å². The van der Waals surface area contributed by atoms with Crippen LogP contribution in [0.5, 0.6) is 5.75 Å². The monoisotopic (exact) mass is 372 g/mol. The Bertz CT molecular complexity index is 1010. The quantitative estimate of drug-likeness (QED) is 0.241. The molecule has 0 heterocycles. The van der Waals surface area contributed by atoms with Gasteiger partial charge in [0.25, 0.3) is 0 Å². The van der Waals surface area contributed by atoms with Crippen LogP contribution in [0.15, 0.2) is 69.7 Å². The second kappa shape index (κ2) is 9.25. The molecule has 0 aliphatic rings. The van der Waals surface area contributed by atoms with Gasteiger partial charge in [-0.2, -0.15) is 29.4 Å². The summed E-state index contributed by atoms with van der Waals surface area (Å²) in [5.41, 5.74) is 0.660. The van der Waals surface area contributed by atoms with Crippen molar-refractivity contribution in [2.45, 2.75) is 4.90 Å². The summed E-state index contributed by atoms with van der Waals surface area (Å²) < 4.78 is 32.6. The Morgan fingerprint density at radius 3 is 2.28 bits per heavy atom. The number of fused-ring (bicyclic) bond motifs is 1.